The van der Waals surface area contributed by atoms with Crippen LogP contribution in [-0.4, -0.2) is 30.3 Å². The lowest BCUT2D eigenvalue weighted by Crippen LogP contribution is -2.46. The molecule has 0 bridgehead atoms. The van der Waals surface area contributed by atoms with Gasteiger partial charge in [-0.05, 0) is 77.9 Å². The second-order valence-electron chi connectivity index (χ2n) is 13.8. The summed E-state index contributed by atoms with van der Waals surface area (Å²) in [5.41, 5.74) is 15.9. The summed E-state index contributed by atoms with van der Waals surface area (Å²) in [5, 5.41) is 17.7. The molecule has 0 saturated heterocycles. The third kappa shape index (κ3) is 7.68. The predicted octanol–water partition coefficient (Wildman–Crippen LogP) is 4.66. The molecule has 2 fully saturated rings. The second-order valence-corrected chi connectivity index (χ2v) is 13.8. The number of hydrogen-bond acceptors (Lipinski definition) is 5. The van der Waals surface area contributed by atoms with E-state index in [1.54, 1.807) is 0 Å². The molecule has 5 nitrogen and oxygen atoms in total. The number of rotatable bonds is 8. The number of hydrogen-bond donors (Lipinski definition) is 5. The maximum absolute atomic E-state index is 10.4. The SMILES string of the molecule is CC1(C)CC(N)CC(C)(CNCc2ccc(O)c(CNCC3(C)CC(N)CC(C)(C)C3)c2)C1. The van der Waals surface area contributed by atoms with Gasteiger partial charge in [-0.1, -0.05) is 47.6 Å². The molecule has 2 aliphatic rings. The monoisotopic (exact) mass is 458 g/mol. The van der Waals surface area contributed by atoms with Crippen molar-refractivity contribution in [1.29, 1.82) is 0 Å². The highest BCUT2D eigenvalue weighted by Crippen LogP contribution is 2.46. The molecule has 33 heavy (non-hydrogen) atoms. The normalized spacial score (nSPS) is 33.7. The fourth-order valence-electron chi connectivity index (χ4n) is 7.60. The van der Waals surface area contributed by atoms with E-state index in [4.69, 9.17) is 11.5 Å². The Hall–Kier alpha value is -1.14. The minimum atomic E-state index is 0.194. The number of nitrogens with two attached hydrogens (primary N) is 2. The van der Waals surface area contributed by atoms with Gasteiger partial charge in [-0.3, -0.25) is 0 Å². The van der Waals surface area contributed by atoms with E-state index in [0.717, 1.165) is 50.9 Å². The Kier molecular flexibility index (Phi) is 7.90. The van der Waals surface area contributed by atoms with Crippen molar-refractivity contribution in [3.63, 3.8) is 0 Å². The topological polar surface area (TPSA) is 96.3 Å². The summed E-state index contributed by atoms with van der Waals surface area (Å²) in [7, 11) is 0. The summed E-state index contributed by atoms with van der Waals surface area (Å²) in [6.07, 6.45) is 6.72. The minimum Gasteiger partial charge on any atom is -0.508 e. The van der Waals surface area contributed by atoms with Gasteiger partial charge in [0.05, 0.1) is 0 Å². The molecule has 3 rings (SSSR count). The molecule has 4 atom stereocenters. The van der Waals surface area contributed by atoms with Gasteiger partial charge in [0, 0.05) is 43.8 Å². The van der Waals surface area contributed by atoms with Crippen LogP contribution in [-0.2, 0) is 13.1 Å². The van der Waals surface area contributed by atoms with Crippen LogP contribution in [0.25, 0.3) is 0 Å². The average molecular weight is 459 g/mol. The van der Waals surface area contributed by atoms with Crippen LogP contribution in [0.4, 0.5) is 0 Å². The minimum absolute atomic E-state index is 0.194. The number of aromatic hydroxyl groups is 1. The molecule has 0 aromatic heterocycles. The molecule has 4 unspecified atom stereocenters. The molecule has 1 aromatic rings. The molecule has 5 heteroatoms. The predicted molar refractivity (Wildman–Crippen MR) is 139 cm³/mol. The molecule has 0 heterocycles. The van der Waals surface area contributed by atoms with E-state index in [1.807, 2.05) is 12.1 Å². The highest BCUT2D eigenvalue weighted by atomic mass is 16.3. The maximum Gasteiger partial charge on any atom is 0.120 e. The molecule has 0 spiro atoms. The number of nitrogens with one attached hydrogen (secondary N) is 2. The highest BCUT2D eigenvalue weighted by molar-refractivity contribution is 5.36. The summed E-state index contributed by atoms with van der Waals surface area (Å²) in [6, 6.07) is 6.55. The molecule has 7 N–H and O–H groups in total. The van der Waals surface area contributed by atoms with Gasteiger partial charge in [-0.15, -0.1) is 0 Å². The van der Waals surface area contributed by atoms with Gasteiger partial charge in [0.1, 0.15) is 5.75 Å². The molecule has 1 aromatic carbocycles. The molecular weight excluding hydrogens is 408 g/mol. The Balaban J connectivity index is 1.52. The van der Waals surface area contributed by atoms with Gasteiger partial charge >= 0.3 is 0 Å². The molecule has 0 aliphatic heterocycles. The van der Waals surface area contributed by atoms with Crippen molar-refractivity contribution in [1.82, 2.24) is 10.6 Å². The fourth-order valence-corrected chi connectivity index (χ4v) is 7.60. The van der Waals surface area contributed by atoms with Crippen LogP contribution >= 0.6 is 0 Å². The fraction of sp³-hybridized carbons (Fsp3) is 0.786. The third-order valence-electron chi connectivity index (χ3n) is 7.84. The van der Waals surface area contributed by atoms with E-state index < -0.39 is 0 Å². The van der Waals surface area contributed by atoms with E-state index in [1.165, 1.54) is 18.4 Å². The lowest BCUT2D eigenvalue weighted by Gasteiger charge is -2.46. The zero-order chi connectivity index (χ0) is 24.5. The molecule has 0 radical (unpaired) electrons. The van der Waals surface area contributed by atoms with Gasteiger partial charge in [0.2, 0.25) is 0 Å². The van der Waals surface area contributed by atoms with Crippen molar-refractivity contribution in [2.24, 2.45) is 33.1 Å². The van der Waals surface area contributed by atoms with E-state index in [-0.39, 0.29) is 28.3 Å². The van der Waals surface area contributed by atoms with E-state index >= 15 is 0 Å². The van der Waals surface area contributed by atoms with E-state index in [9.17, 15) is 5.11 Å². The summed E-state index contributed by atoms with van der Waals surface area (Å²) in [4.78, 5) is 0. The first-order valence-corrected chi connectivity index (χ1v) is 12.9. The largest absolute Gasteiger partial charge is 0.508 e. The Morgan fingerprint density at radius 3 is 1.76 bits per heavy atom. The lowest BCUT2D eigenvalue weighted by molar-refractivity contribution is 0.0822. The van der Waals surface area contributed by atoms with Gasteiger partial charge in [0.15, 0.2) is 0 Å². The summed E-state index contributed by atoms with van der Waals surface area (Å²) in [5.74, 6) is 0.365. The molecule has 2 aliphatic carbocycles. The van der Waals surface area contributed by atoms with Crippen LogP contribution in [0.15, 0.2) is 18.2 Å². The van der Waals surface area contributed by atoms with Crippen LogP contribution in [0.2, 0.25) is 0 Å². The van der Waals surface area contributed by atoms with Crippen LogP contribution in [0.1, 0.15) is 91.2 Å². The van der Waals surface area contributed by atoms with Crippen LogP contribution < -0.4 is 22.1 Å². The smallest absolute Gasteiger partial charge is 0.120 e. The second kappa shape index (κ2) is 9.85. The van der Waals surface area contributed by atoms with Crippen molar-refractivity contribution in [2.75, 3.05) is 13.1 Å². The summed E-state index contributed by atoms with van der Waals surface area (Å²) < 4.78 is 0. The lowest BCUT2D eigenvalue weighted by atomic mass is 9.63. The van der Waals surface area contributed by atoms with E-state index in [0.29, 0.717) is 17.7 Å². The van der Waals surface area contributed by atoms with E-state index in [2.05, 4.69) is 58.2 Å². The Labute approximate surface area is 202 Å². The highest BCUT2D eigenvalue weighted by Gasteiger charge is 2.40. The van der Waals surface area contributed by atoms with Crippen molar-refractivity contribution in [2.45, 2.75) is 105 Å². The molecule has 0 amide bonds. The third-order valence-corrected chi connectivity index (χ3v) is 7.84. The van der Waals surface area contributed by atoms with Crippen molar-refractivity contribution < 1.29 is 5.11 Å². The first-order valence-electron chi connectivity index (χ1n) is 12.9. The Morgan fingerprint density at radius 1 is 0.788 bits per heavy atom. The maximum atomic E-state index is 10.4. The zero-order valence-electron chi connectivity index (χ0n) is 22.1. The number of benzene rings is 1. The van der Waals surface area contributed by atoms with Crippen LogP contribution in [0, 0.1) is 21.7 Å². The first-order chi connectivity index (χ1) is 15.2. The quantitative estimate of drug-likeness (QED) is 0.390. The average Bonchev–Trinajstić information content (AvgIpc) is 2.59. The molecular formula is C28H50N4O. The molecule has 188 valence electrons. The van der Waals surface area contributed by atoms with Gasteiger partial charge in [-0.2, -0.15) is 0 Å². The van der Waals surface area contributed by atoms with Gasteiger partial charge in [-0.25, -0.2) is 0 Å². The van der Waals surface area contributed by atoms with Crippen LogP contribution in [0.3, 0.4) is 0 Å². The van der Waals surface area contributed by atoms with Crippen LogP contribution in [0.5, 0.6) is 5.75 Å². The summed E-state index contributed by atoms with van der Waals surface area (Å²) >= 11 is 0. The number of phenols is 1. The molecule has 2 saturated carbocycles. The summed E-state index contributed by atoms with van der Waals surface area (Å²) in [6.45, 7) is 17.4. The standard InChI is InChI=1S/C28H50N4O/c1-25(2)10-22(29)12-27(5,16-25)18-31-14-20-7-8-24(33)21(9-20)15-32-19-28(6)13-23(30)11-26(3,4)17-28/h7-9,22-23,31-33H,10-19,29-30H2,1-6H3. The van der Waals surface area contributed by atoms with Gasteiger partial charge in [0.25, 0.3) is 0 Å². The Bertz CT molecular complexity index is 807. The Morgan fingerprint density at radius 2 is 1.27 bits per heavy atom. The van der Waals surface area contributed by atoms with Crippen molar-refractivity contribution in [3.8, 4) is 5.75 Å². The number of phenolic OH excluding ortho intramolecular Hbond substituents is 1. The van der Waals surface area contributed by atoms with Crippen molar-refractivity contribution in [3.05, 3.63) is 29.3 Å². The first kappa shape index (κ1) is 26.5. The van der Waals surface area contributed by atoms with Crippen molar-refractivity contribution >= 4 is 0 Å². The zero-order valence-corrected chi connectivity index (χ0v) is 22.1. The van der Waals surface area contributed by atoms with Gasteiger partial charge < -0.3 is 27.2 Å².